The topological polar surface area (TPSA) is 52.3 Å². The zero-order valence-electron chi connectivity index (χ0n) is 9.53. The Morgan fingerprint density at radius 2 is 2.17 bits per heavy atom. The van der Waals surface area contributed by atoms with Crippen molar-refractivity contribution in [3.05, 3.63) is 33.1 Å². The summed E-state index contributed by atoms with van der Waals surface area (Å²) in [6.07, 6.45) is -2.07. The average Bonchev–Trinajstić information content (AvgIpc) is 2.30. The summed E-state index contributed by atoms with van der Waals surface area (Å²) in [6, 6.07) is 2.77. The first-order chi connectivity index (χ1) is 7.97. The first-order valence-corrected chi connectivity index (χ1v) is 6.06. The number of hydrogen-bond donors (Lipinski definition) is 1. The van der Waals surface area contributed by atoms with Gasteiger partial charge < -0.3 is 10.5 Å². The van der Waals surface area contributed by atoms with E-state index in [1.165, 1.54) is 18.2 Å². The minimum atomic E-state index is -2.07. The Hall–Kier alpha value is -0.470. The van der Waals surface area contributed by atoms with Crippen LogP contribution in [0.3, 0.4) is 0 Å². The maximum Gasteiger partial charge on any atom is 0.342 e. The second-order valence-corrected chi connectivity index (χ2v) is 4.59. The van der Waals surface area contributed by atoms with Gasteiger partial charge in [-0.05, 0) is 47.7 Å². The lowest BCUT2D eigenvalue weighted by molar-refractivity contribution is -0.149. The van der Waals surface area contributed by atoms with Crippen LogP contribution in [0.4, 0.5) is 8.78 Å². The van der Waals surface area contributed by atoms with Crippen LogP contribution in [-0.2, 0) is 9.53 Å². The van der Waals surface area contributed by atoms with Crippen LogP contribution in [0, 0.1) is 9.39 Å². The van der Waals surface area contributed by atoms with Crippen molar-refractivity contribution < 1.29 is 18.3 Å². The van der Waals surface area contributed by atoms with Gasteiger partial charge in [-0.2, -0.15) is 0 Å². The lowest BCUT2D eigenvalue weighted by Crippen LogP contribution is -2.32. The van der Waals surface area contributed by atoms with E-state index >= 15 is 0 Å². The number of benzene rings is 1. The quantitative estimate of drug-likeness (QED) is 0.634. The first-order valence-electron chi connectivity index (χ1n) is 4.98. The molecular weight excluding hydrogens is 378 g/mol. The van der Waals surface area contributed by atoms with Crippen LogP contribution >= 0.6 is 35.0 Å². The standard InChI is InChI=1S/C11H12F2INO2.ClH/c1-2-17-11(16)9(13)10(15)7-5-6(14)3-4-8(7)12;/h3-5,9-10H,2,15H2,1H3;1H/t9?,10-;/m1./s1. The third-order valence-electron chi connectivity index (χ3n) is 2.14. The molecule has 0 saturated carbocycles. The van der Waals surface area contributed by atoms with Gasteiger partial charge in [-0.15, -0.1) is 12.4 Å². The highest BCUT2D eigenvalue weighted by atomic mass is 127. The van der Waals surface area contributed by atoms with Gasteiger partial charge in [-0.1, -0.05) is 0 Å². The highest BCUT2D eigenvalue weighted by Crippen LogP contribution is 2.23. The molecule has 1 aromatic rings. The summed E-state index contributed by atoms with van der Waals surface area (Å²) in [5.41, 5.74) is 5.49. The second-order valence-electron chi connectivity index (χ2n) is 3.35. The number of esters is 1. The molecule has 0 saturated heterocycles. The van der Waals surface area contributed by atoms with Gasteiger partial charge in [-0.3, -0.25) is 0 Å². The van der Waals surface area contributed by atoms with E-state index in [0.717, 1.165) is 0 Å². The predicted molar refractivity (Wildman–Crippen MR) is 74.8 cm³/mol. The van der Waals surface area contributed by atoms with Crippen molar-refractivity contribution in [3.8, 4) is 0 Å². The molecule has 0 aliphatic rings. The molecule has 0 bridgehead atoms. The first kappa shape index (κ1) is 17.5. The fourth-order valence-corrected chi connectivity index (χ4v) is 1.81. The van der Waals surface area contributed by atoms with Gasteiger partial charge in [0.15, 0.2) is 0 Å². The largest absolute Gasteiger partial charge is 0.464 e. The zero-order chi connectivity index (χ0) is 13.0. The van der Waals surface area contributed by atoms with Crippen LogP contribution in [-0.4, -0.2) is 18.7 Å². The Labute approximate surface area is 124 Å². The Morgan fingerprint density at radius 3 is 2.72 bits per heavy atom. The number of alkyl halides is 1. The van der Waals surface area contributed by atoms with Crippen LogP contribution in [0.5, 0.6) is 0 Å². The fraction of sp³-hybridized carbons (Fsp3) is 0.364. The van der Waals surface area contributed by atoms with Crippen molar-refractivity contribution in [2.24, 2.45) is 5.73 Å². The van der Waals surface area contributed by atoms with E-state index in [1.807, 2.05) is 22.6 Å². The van der Waals surface area contributed by atoms with Gasteiger partial charge in [0.2, 0.25) is 6.17 Å². The Bertz CT molecular complexity index is 420. The molecule has 0 aliphatic heterocycles. The summed E-state index contributed by atoms with van der Waals surface area (Å²) in [5.74, 6) is -1.71. The van der Waals surface area contributed by atoms with E-state index in [9.17, 15) is 13.6 Å². The molecule has 1 unspecified atom stereocenters. The molecule has 1 aromatic carbocycles. The number of nitrogens with two attached hydrogens (primary N) is 1. The number of halogens is 4. The normalized spacial score (nSPS) is 13.4. The number of rotatable bonds is 4. The van der Waals surface area contributed by atoms with Gasteiger partial charge in [0, 0.05) is 9.13 Å². The van der Waals surface area contributed by atoms with Gasteiger partial charge in [0.05, 0.1) is 12.6 Å². The van der Waals surface area contributed by atoms with Crippen LogP contribution in [0.25, 0.3) is 0 Å². The number of ether oxygens (including phenoxy) is 1. The molecule has 0 radical (unpaired) electrons. The molecule has 3 nitrogen and oxygen atoms in total. The summed E-state index contributed by atoms with van der Waals surface area (Å²) >= 11 is 1.95. The second kappa shape index (κ2) is 7.85. The van der Waals surface area contributed by atoms with Gasteiger partial charge in [0.25, 0.3) is 0 Å². The molecular formula is C11H13ClF2INO2. The van der Waals surface area contributed by atoms with Crippen molar-refractivity contribution in [1.29, 1.82) is 0 Å². The van der Waals surface area contributed by atoms with E-state index < -0.39 is 24.0 Å². The van der Waals surface area contributed by atoms with E-state index in [4.69, 9.17) is 5.73 Å². The summed E-state index contributed by atoms with van der Waals surface area (Å²) in [6.45, 7) is 1.61. The molecule has 0 amide bonds. The molecule has 18 heavy (non-hydrogen) atoms. The molecule has 0 aliphatic carbocycles. The Morgan fingerprint density at radius 1 is 1.56 bits per heavy atom. The van der Waals surface area contributed by atoms with Gasteiger partial charge >= 0.3 is 5.97 Å². The third kappa shape index (κ3) is 4.33. The number of carbonyl (C=O) groups excluding carboxylic acids is 1. The smallest absolute Gasteiger partial charge is 0.342 e. The molecule has 0 fully saturated rings. The lowest BCUT2D eigenvalue weighted by Gasteiger charge is -2.16. The van der Waals surface area contributed by atoms with Crippen LogP contribution in [0.2, 0.25) is 0 Å². The minimum absolute atomic E-state index is 0. The maximum atomic E-state index is 13.6. The highest BCUT2D eigenvalue weighted by Gasteiger charge is 2.29. The molecule has 0 spiro atoms. The molecule has 1 rings (SSSR count). The average molecular weight is 392 g/mol. The molecule has 0 aromatic heterocycles. The van der Waals surface area contributed by atoms with E-state index in [2.05, 4.69) is 4.74 Å². The Balaban J connectivity index is 0.00000289. The molecule has 7 heteroatoms. The van der Waals surface area contributed by atoms with Crippen LogP contribution in [0.1, 0.15) is 18.5 Å². The molecule has 0 heterocycles. The molecule has 2 N–H and O–H groups in total. The van der Waals surface area contributed by atoms with Crippen molar-refractivity contribution in [3.63, 3.8) is 0 Å². The van der Waals surface area contributed by atoms with Crippen molar-refractivity contribution in [2.45, 2.75) is 19.1 Å². The number of carbonyl (C=O) groups is 1. The highest BCUT2D eigenvalue weighted by molar-refractivity contribution is 14.1. The van der Waals surface area contributed by atoms with Crippen molar-refractivity contribution in [2.75, 3.05) is 6.61 Å². The van der Waals surface area contributed by atoms with E-state index in [0.29, 0.717) is 3.57 Å². The predicted octanol–water partition coefficient (Wildman–Crippen LogP) is 2.75. The van der Waals surface area contributed by atoms with Crippen LogP contribution in [0.15, 0.2) is 18.2 Å². The van der Waals surface area contributed by atoms with Gasteiger partial charge in [-0.25, -0.2) is 13.6 Å². The summed E-state index contributed by atoms with van der Waals surface area (Å²) in [7, 11) is 0. The number of hydrogen-bond acceptors (Lipinski definition) is 3. The SMILES string of the molecule is CCOC(=O)C(F)[C@H](N)c1cc(I)ccc1F.Cl. The maximum absolute atomic E-state index is 13.6. The summed E-state index contributed by atoms with van der Waals surface area (Å²) in [5, 5.41) is 0. The van der Waals surface area contributed by atoms with E-state index in [1.54, 1.807) is 6.92 Å². The third-order valence-corrected chi connectivity index (χ3v) is 2.82. The molecule has 2 atom stereocenters. The van der Waals surface area contributed by atoms with E-state index in [-0.39, 0.29) is 24.6 Å². The molecule has 102 valence electrons. The van der Waals surface area contributed by atoms with Crippen LogP contribution < -0.4 is 5.73 Å². The minimum Gasteiger partial charge on any atom is -0.464 e. The zero-order valence-corrected chi connectivity index (χ0v) is 12.5. The van der Waals surface area contributed by atoms with Crippen molar-refractivity contribution >= 4 is 41.0 Å². The van der Waals surface area contributed by atoms with Gasteiger partial charge in [0.1, 0.15) is 5.82 Å². The lowest BCUT2D eigenvalue weighted by atomic mass is 10.0. The summed E-state index contributed by atoms with van der Waals surface area (Å²) in [4.78, 5) is 11.2. The van der Waals surface area contributed by atoms with Crippen molar-refractivity contribution in [1.82, 2.24) is 0 Å². The fourth-order valence-electron chi connectivity index (χ4n) is 1.30. The Kier molecular flexibility index (Phi) is 7.65. The summed E-state index contributed by atoms with van der Waals surface area (Å²) < 4.78 is 32.2. The monoisotopic (exact) mass is 391 g/mol.